The fraction of sp³-hybridized carbons (Fsp3) is 0.143. The lowest BCUT2D eigenvalue weighted by molar-refractivity contribution is 0.477. The third-order valence-electron chi connectivity index (χ3n) is 2.58. The standard InChI is InChI=1S/C14H14BFO/c1-15(2)11-6-8-13(9-7-11)17-14-5-3-4-12(16)10-14/h3-10H,1-2H3. The van der Waals surface area contributed by atoms with Gasteiger partial charge in [0.1, 0.15) is 17.3 Å². The summed E-state index contributed by atoms with van der Waals surface area (Å²) in [5.74, 6) is 0.948. The van der Waals surface area contributed by atoms with E-state index in [1.807, 2.05) is 24.3 Å². The molecule has 0 spiro atoms. The van der Waals surface area contributed by atoms with Gasteiger partial charge in [0.25, 0.3) is 0 Å². The molecule has 0 amide bonds. The second kappa shape index (κ2) is 5.04. The average Bonchev–Trinajstić information content (AvgIpc) is 2.29. The van der Waals surface area contributed by atoms with Gasteiger partial charge in [0, 0.05) is 6.07 Å². The third kappa shape index (κ3) is 3.10. The molecule has 0 fully saturated rings. The van der Waals surface area contributed by atoms with Crippen LogP contribution in [0.3, 0.4) is 0 Å². The minimum atomic E-state index is -0.290. The first-order valence-electron chi connectivity index (χ1n) is 5.68. The molecule has 0 aliphatic carbocycles. The Balaban J connectivity index is 2.14. The van der Waals surface area contributed by atoms with Crippen LogP contribution in [0.15, 0.2) is 48.5 Å². The van der Waals surface area contributed by atoms with Crippen molar-refractivity contribution in [3.8, 4) is 11.5 Å². The van der Waals surface area contributed by atoms with E-state index in [0.29, 0.717) is 12.5 Å². The summed E-state index contributed by atoms with van der Waals surface area (Å²) in [6.45, 7) is 4.78. The molecular formula is C14H14BFO. The highest BCUT2D eigenvalue weighted by Gasteiger charge is 2.03. The Kier molecular flexibility index (Phi) is 3.47. The van der Waals surface area contributed by atoms with Crippen LogP contribution in [0.25, 0.3) is 0 Å². The molecule has 0 radical (unpaired) electrons. The molecule has 0 saturated carbocycles. The highest BCUT2D eigenvalue weighted by Crippen LogP contribution is 2.20. The molecule has 0 aromatic heterocycles. The first kappa shape index (κ1) is 11.7. The van der Waals surface area contributed by atoms with Crippen molar-refractivity contribution in [1.29, 1.82) is 0 Å². The fourth-order valence-electron chi connectivity index (χ4n) is 1.59. The van der Waals surface area contributed by atoms with Crippen LogP contribution in [0.1, 0.15) is 0 Å². The van der Waals surface area contributed by atoms with Crippen LogP contribution in [-0.4, -0.2) is 6.71 Å². The molecule has 0 saturated heterocycles. The van der Waals surface area contributed by atoms with Gasteiger partial charge in [-0.3, -0.25) is 0 Å². The van der Waals surface area contributed by atoms with Gasteiger partial charge in [-0.1, -0.05) is 37.3 Å². The maximum atomic E-state index is 13.0. The van der Waals surface area contributed by atoms with Gasteiger partial charge in [0.05, 0.1) is 0 Å². The van der Waals surface area contributed by atoms with Crippen molar-refractivity contribution in [2.24, 2.45) is 0 Å². The number of benzene rings is 2. The van der Waals surface area contributed by atoms with Gasteiger partial charge in [0.2, 0.25) is 0 Å². The maximum Gasteiger partial charge on any atom is 0.169 e. The van der Waals surface area contributed by atoms with Crippen LogP contribution in [0, 0.1) is 5.82 Å². The first-order valence-corrected chi connectivity index (χ1v) is 5.68. The average molecular weight is 228 g/mol. The van der Waals surface area contributed by atoms with Crippen molar-refractivity contribution in [2.45, 2.75) is 13.6 Å². The van der Waals surface area contributed by atoms with Gasteiger partial charge in [0.15, 0.2) is 6.71 Å². The molecule has 0 aliphatic heterocycles. The van der Waals surface area contributed by atoms with Crippen molar-refractivity contribution in [2.75, 3.05) is 0 Å². The summed E-state index contributed by atoms with van der Waals surface area (Å²) < 4.78 is 18.5. The van der Waals surface area contributed by atoms with Gasteiger partial charge >= 0.3 is 0 Å². The summed E-state index contributed by atoms with van der Waals surface area (Å²) in [6, 6.07) is 14.0. The van der Waals surface area contributed by atoms with E-state index in [1.54, 1.807) is 12.1 Å². The number of hydrogen-bond donors (Lipinski definition) is 0. The Morgan fingerprint density at radius 1 is 0.941 bits per heavy atom. The molecule has 86 valence electrons. The van der Waals surface area contributed by atoms with E-state index in [-0.39, 0.29) is 5.82 Å². The molecule has 0 heterocycles. The summed E-state index contributed by atoms with van der Waals surface area (Å²) in [4.78, 5) is 0. The van der Waals surface area contributed by atoms with Crippen LogP contribution in [0.4, 0.5) is 4.39 Å². The molecule has 0 N–H and O–H groups in total. The monoisotopic (exact) mass is 228 g/mol. The minimum absolute atomic E-state index is 0.290. The first-order chi connectivity index (χ1) is 8.15. The number of rotatable bonds is 3. The Labute approximate surface area is 101 Å². The second-order valence-corrected chi connectivity index (χ2v) is 4.28. The van der Waals surface area contributed by atoms with E-state index in [0.717, 1.165) is 5.75 Å². The van der Waals surface area contributed by atoms with Gasteiger partial charge < -0.3 is 4.74 Å². The summed E-state index contributed by atoms with van der Waals surface area (Å²) in [6.07, 6.45) is 0. The number of hydrogen-bond acceptors (Lipinski definition) is 1. The molecule has 0 bridgehead atoms. The quantitative estimate of drug-likeness (QED) is 0.729. The van der Waals surface area contributed by atoms with Gasteiger partial charge in [-0.15, -0.1) is 0 Å². The van der Waals surface area contributed by atoms with E-state index in [2.05, 4.69) is 13.6 Å². The van der Waals surface area contributed by atoms with Crippen molar-refractivity contribution < 1.29 is 9.13 Å². The third-order valence-corrected chi connectivity index (χ3v) is 2.58. The zero-order chi connectivity index (χ0) is 12.3. The van der Waals surface area contributed by atoms with Crippen molar-refractivity contribution in [3.63, 3.8) is 0 Å². The second-order valence-electron chi connectivity index (χ2n) is 4.28. The van der Waals surface area contributed by atoms with Gasteiger partial charge in [-0.25, -0.2) is 4.39 Å². The minimum Gasteiger partial charge on any atom is -0.457 e. The lowest BCUT2D eigenvalue weighted by Gasteiger charge is -2.07. The fourth-order valence-corrected chi connectivity index (χ4v) is 1.59. The Morgan fingerprint density at radius 2 is 1.65 bits per heavy atom. The Morgan fingerprint density at radius 3 is 2.24 bits per heavy atom. The molecule has 3 heteroatoms. The van der Waals surface area contributed by atoms with E-state index in [4.69, 9.17) is 4.74 Å². The summed E-state index contributed by atoms with van der Waals surface area (Å²) in [5, 5.41) is 0. The van der Waals surface area contributed by atoms with Crippen molar-refractivity contribution >= 4 is 12.2 Å². The number of ether oxygens (including phenoxy) is 1. The molecule has 0 unspecified atom stereocenters. The lowest BCUT2D eigenvalue weighted by Crippen LogP contribution is -2.21. The summed E-state index contributed by atoms with van der Waals surface area (Å²) in [7, 11) is 0. The Hall–Kier alpha value is -1.77. The van der Waals surface area contributed by atoms with Crippen LogP contribution in [0.5, 0.6) is 11.5 Å². The molecule has 17 heavy (non-hydrogen) atoms. The highest BCUT2D eigenvalue weighted by molar-refractivity contribution is 6.70. The highest BCUT2D eigenvalue weighted by atomic mass is 19.1. The predicted octanol–water partition coefficient (Wildman–Crippen LogP) is 3.58. The van der Waals surface area contributed by atoms with E-state index < -0.39 is 0 Å². The van der Waals surface area contributed by atoms with Crippen molar-refractivity contribution in [3.05, 3.63) is 54.3 Å². The zero-order valence-electron chi connectivity index (χ0n) is 9.98. The largest absolute Gasteiger partial charge is 0.457 e. The smallest absolute Gasteiger partial charge is 0.169 e. The summed E-state index contributed by atoms with van der Waals surface area (Å²) >= 11 is 0. The molecule has 1 nitrogen and oxygen atoms in total. The molecule has 2 rings (SSSR count). The molecule has 0 aliphatic rings. The van der Waals surface area contributed by atoms with Crippen molar-refractivity contribution in [1.82, 2.24) is 0 Å². The normalized spacial score (nSPS) is 10.1. The summed E-state index contributed by atoms with van der Waals surface area (Å²) in [5.41, 5.74) is 1.26. The zero-order valence-corrected chi connectivity index (χ0v) is 9.98. The van der Waals surface area contributed by atoms with E-state index >= 15 is 0 Å². The van der Waals surface area contributed by atoms with Crippen LogP contribution >= 0.6 is 0 Å². The van der Waals surface area contributed by atoms with Gasteiger partial charge in [-0.05, 0) is 24.3 Å². The van der Waals surface area contributed by atoms with Crippen LogP contribution in [0.2, 0.25) is 13.6 Å². The van der Waals surface area contributed by atoms with Crippen LogP contribution < -0.4 is 10.2 Å². The Bertz CT molecular complexity index is 494. The van der Waals surface area contributed by atoms with Crippen LogP contribution in [-0.2, 0) is 0 Å². The molecular weight excluding hydrogens is 214 g/mol. The maximum absolute atomic E-state index is 13.0. The lowest BCUT2D eigenvalue weighted by atomic mass is 9.49. The SMILES string of the molecule is CB(C)c1ccc(Oc2cccc(F)c2)cc1. The molecule has 2 aromatic rings. The van der Waals surface area contributed by atoms with Gasteiger partial charge in [-0.2, -0.15) is 0 Å². The molecule has 2 aromatic carbocycles. The van der Waals surface area contributed by atoms with E-state index in [1.165, 1.54) is 17.6 Å². The molecule has 0 atom stereocenters. The topological polar surface area (TPSA) is 9.23 Å². The predicted molar refractivity (Wildman–Crippen MR) is 70.0 cm³/mol. The number of halogens is 1. The van der Waals surface area contributed by atoms with E-state index in [9.17, 15) is 4.39 Å².